The normalized spacial score (nSPS) is 13.7. The van der Waals surface area contributed by atoms with Crippen molar-refractivity contribution in [3.8, 4) is 0 Å². The van der Waals surface area contributed by atoms with Crippen molar-refractivity contribution in [2.24, 2.45) is 0 Å². The van der Waals surface area contributed by atoms with Crippen LogP contribution in [0.4, 0.5) is 0 Å². The van der Waals surface area contributed by atoms with E-state index in [1.54, 1.807) is 16.5 Å². The minimum Gasteiger partial charge on any atom is -0.468 e. The lowest BCUT2D eigenvalue weighted by atomic mass is 9.94. The quantitative estimate of drug-likeness (QED) is 0.597. The molecular weight excluding hydrogens is 378 g/mol. The zero-order chi connectivity index (χ0) is 21.0. The fourth-order valence-corrected chi connectivity index (χ4v) is 3.16. The molecule has 0 aliphatic carbocycles. The lowest BCUT2D eigenvalue weighted by Crippen LogP contribution is -2.47. The van der Waals surface area contributed by atoms with Crippen molar-refractivity contribution >= 4 is 34.6 Å². The summed E-state index contributed by atoms with van der Waals surface area (Å²) in [5, 5.41) is 10.4. The van der Waals surface area contributed by atoms with Crippen molar-refractivity contribution in [3.05, 3.63) is 30.0 Å². The minimum absolute atomic E-state index is 0.0369. The summed E-state index contributed by atoms with van der Waals surface area (Å²) in [6.45, 7) is 2.22. The molecule has 1 aromatic carbocycles. The van der Waals surface area contributed by atoms with Crippen molar-refractivity contribution in [2.45, 2.75) is 19.4 Å². The van der Waals surface area contributed by atoms with Gasteiger partial charge in [-0.3, -0.25) is 23.9 Å². The first-order valence-electron chi connectivity index (χ1n) is 9.20. The standard InChI is InChI=1S/C19H23N5O5/c1-12(25)23-9-13(10-23)19-14-5-3-4-6-15(14)24(22-19)11-17(27)20-7-16(26)21-8-18(28)29-2/h3-6,13H,7-11H2,1-2H3,(H,20,27)(H,21,26). The highest BCUT2D eigenvalue weighted by Crippen LogP contribution is 2.31. The Morgan fingerprint density at radius 3 is 2.48 bits per heavy atom. The maximum Gasteiger partial charge on any atom is 0.325 e. The van der Waals surface area contributed by atoms with Crippen LogP contribution in [0.1, 0.15) is 18.5 Å². The van der Waals surface area contributed by atoms with Gasteiger partial charge < -0.3 is 20.3 Å². The average Bonchev–Trinajstić information content (AvgIpc) is 3.01. The number of carbonyl (C=O) groups excluding carboxylic acids is 4. The van der Waals surface area contributed by atoms with Gasteiger partial charge in [-0.25, -0.2) is 0 Å². The maximum absolute atomic E-state index is 12.3. The molecule has 2 heterocycles. The van der Waals surface area contributed by atoms with Crippen LogP contribution in [0.25, 0.3) is 10.9 Å². The number of methoxy groups -OCH3 is 1. The first-order valence-corrected chi connectivity index (χ1v) is 9.20. The number of ether oxygens (including phenoxy) is 1. The van der Waals surface area contributed by atoms with E-state index in [1.165, 1.54) is 7.11 Å². The Morgan fingerprint density at radius 1 is 1.10 bits per heavy atom. The number of fused-ring (bicyclic) bond motifs is 1. The minimum atomic E-state index is -0.570. The van der Waals surface area contributed by atoms with Crippen LogP contribution in [-0.2, 0) is 30.5 Å². The second-order valence-corrected chi connectivity index (χ2v) is 6.81. The van der Waals surface area contributed by atoms with E-state index in [4.69, 9.17) is 0 Å². The van der Waals surface area contributed by atoms with Crippen LogP contribution in [0.15, 0.2) is 24.3 Å². The van der Waals surface area contributed by atoms with E-state index in [0.29, 0.717) is 13.1 Å². The zero-order valence-electron chi connectivity index (χ0n) is 16.3. The van der Waals surface area contributed by atoms with Crippen LogP contribution in [0.5, 0.6) is 0 Å². The number of esters is 1. The lowest BCUT2D eigenvalue weighted by molar-refractivity contribution is -0.141. The van der Waals surface area contributed by atoms with Gasteiger partial charge in [-0.15, -0.1) is 0 Å². The summed E-state index contributed by atoms with van der Waals surface area (Å²) in [5.41, 5.74) is 1.68. The van der Waals surface area contributed by atoms with Gasteiger partial charge in [0, 0.05) is 31.3 Å². The molecule has 0 atom stereocenters. The third-order valence-electron chi connectivity index (χ3n) is 4.80. The molecule has 1 saturated heterocycles. The summed E-state index contributed by atoms with van der Waals surface area (Å²) in [7, 11) is 1.22. The van der Waals surface area contributed by atoms with Gasteiger partial charge in [-0.05, 0) is 6.07 Å². The van der Waals surface area contributed by atoms with E-state index < -0.39 is 11.9 Å². The molecule has 29 heavy (non-hydrogen) atoms. The smallest absolute Gasteiger partial charge is 0.325 e. The first-order chi connectivity index (χ1) is 13.9. The van der Waals surface area contributed by atoms with Gasteiger partial charge in [0.15, 0.2) is 0 Å². The number of amides is 3. The SMILES string of the molecule is COC(=O)CNC(=O)CNC(=O)Cn1nc(C2CN(C(C)=O)C2)c2ccccc21. The molecule has 3 rings (SSSR count). The number of rotatable bonds is 7. The van der Waals surface area contributed by atoms with E-state index in [1.807, 2.05) is 24.3 Å². The number of para-hydroxylation sites is 1. The van der Waals surface area contributed by atoms with Gasteiger partial charge >= 0.3 is 5.97 Å². The molecule has 10 nitrogen and oxygen atoms in total. The second-order valence-electron chi connectivity index (χ2n) is 6.81. The highest BCUT2D eigenvalue weighted by molar-refractivity contribution is 5.88. The molecule has 0 unspecified atom stereocenters. The number of benzene rings is 1. The van der Waals surface area contributed by atoms with Crippen LogP contribution < -0.4 is 10.6 Å². The molecule has 1 aromatic heterocycles. The van der Waals surface area contributed by atoms with Gasteiger partial charge in [-0.1, -0.05) is 18.2 Å². The van der Waals surface area contributed by atoms with Gasteiger partial charge in [-0.2, -0.15) is 5.10 Å². The Balaban J connectivity index is 1.61. The van der Waals surface area contributed by atoms with Crippen LogP contribution >= 0.6 is 0 Å². The van der Waals surface area contributed by atoms with Crippen molar-refractivity contribution in [2.75, 3.05) is 33.3 Å². The Morgan fingerprint density at radius 2 is 1.79 bits per heavy atom. The number of likely N-dealkylation sites (tertiary alicyclic amines) is 1. The number of carbonyl (C=O) groups is 4. The molecule has 154 valence electrons. The van der Waals surface area contributed by atoms with E-state index in [2.05, 4.69) is 20.5 Å². The second kappa shape index (κ2) is 8.72. The molecule has 2 aromatic rings. The maximum atomic E-state index is 12.3. The summed E-state index contributed by atoms with van der Waals surface area (Å²) in [6.07, 6.45) is 0. The average molecular weight is 401 g/mol. The number of hydrogen-bond donors (Lipinski definition) is 2. The van der Waals surface area contributed by atoms with Crippen LogP contribution in [0.2, 0.25) is 0 Å². The van der Waals surface area contributed by atoms with E-state index in [0.717, 1.165) is 16.6 Å². The molecule has 0 spiro atoms. The van der Waals surface area contributed by atoms with Gasteiger partial charge in [0.25, 0.3) is 0 Å². The molecule has 2 N–H and O–H groups in total. The zero-order valence-corrected chi connectivity index (χ0v) is 16.3. The molecule has 1 aliphatic rings. The van der Waals surface area contributed by atoms with Crippen molar-refractivity contribution in [1.82, 2.24) is 25.3 Å². The van der Waals surface area contributed by atoms with Gasteiger partial charge in [0.2, 0.25) is 17.7 Å². The van der Waals surface area contributed by atoms with Crippen molar-refractivity contribution in [3.63, 3.8) is 0 Å². The summed E-state index contributed by atoms with van der Waals surface area (Å²) in [6, 6.07) is 7.60. The molecule has 3 amide bonds. The third-order valence-corrected chi connectivity index (χ3v) is 4.80. The Kier molecular flexibility index (Phi) is 6.10. The molecule has 10 heteroatoms. The highest BCUT2D eigenvalue weighted by atomic mass is 16.5. The predicted octanol–water partition coefficient (Wildman–Crippen LogP) is -0.613. The third kappa shape index (κ3) is 4.71. The van der Waals surface area contributed by atoms with E-state index in [-0.39, 0.29) is 37.4 Å². The van der Waals surface area contributed by atoms with Gasteiger partial charge in [0.05, 0.1) is 24.9 Å². The molecule has 1 aliphatic heterocycles. The topological polar surface area (TPSA) is 123 Å². The predicted molar refractivity (Wildman–Crippen MR) is 103 cm³/mol. The van der Waals surface area contributed by atoms with Crippen LogP contribution in [0.3, 0.4) is 0 Å². The number of aromatic nitrogens is 2. The highest BCUT2D eigenvalue weighted by Gasteiger charge is 2.33. The Labute approximate surface area is 167 Å². The fourth-order valence-electron chi connectivity index (χ4n) is 3.16. The number of nitrogens with zero attached hydrogens (tertiary/aromatic N) is 3. The van der Waals surface area contributed by atoms with Crippen LogP contribution in [-0.4, -0.2) is 71.7 Å². The first kappa shape index (κ1) is 20.3. The van der Waals surface area contributed by atoms with Gasteiger partial charge in [0.1, 0.15) is 13.1 Å². The Bertz CT molecular complexity index is 948. The Hall–Kier alpha value is -3.43. The largest absolute Gasteiger partial charge is 0.468 e. The lowest BCUT2D eigenvalue weighted by Gasteiger charge is -2.37. The molecule has 0 radical (unpaired) electrons. The molecule has 0 bridgehead atoms. The molecule has 1 fully saturated rings. The summed E-state index contributed by atoms with van der Waals surface area (Å²) in [5.74, 6) is -1.27. The number of hydrogen-bond acceptors (Lipinski definition) is 6. The fraction of sp³-hybridized carbons (Fsp3) is 0.421. The molecular formula is C19H23N5O5. The monoisotopic (exact) mass is 401 g/mol. The van der Waals surface area contributed by atoms with Crippen molar-refractivity contribution < 1.29 is 23.9 Å². The number of nitrogens with one attached hydrogen (secondary N) is 2. The summed E-state index contributed by atoms with van der Waals surface area (Å²) < 4.78 is 6.03. The van der Waals surface area contributed by atoms with Crippen molar-refractivity contribution in [1.29, 1.82) is 0 Å². The van der Waals surface area contributed by atoms with E-state index in [9.17, 15) is 19.2 Å². The molecule has 0 saturated carbocycles. The van der Waals surface area contributed by atoms with Crippen LogP contribution in [0, 0.1) is 0 Å². The van der Waals surface area contributed by atoms with E-state index >= 15 is 0 Å². The summed E-state index contributed by atoms with van der Waals surface area (Å²) in [4.78, 5) is 48.1. The summed E-state index contributed by atoms with van der Waals surface area (Å²) >= 11 is 0.